The first-order valence-electron chi connectivity index (χ1n) is 9.72. The minimum atomic E-state index is -0.102. The van der Waals surface area contributed by atoms with Gasteiger partial charge in [-0.25, -0.2) is 0 Å². The fourth-order valence-electron chi connectivity index (χ4n) is 4.63. The molecule has 1 spiro atoms. The van der Waals surface area contributed by atoms with Crippen molar-refractivity contribution >= 4 is 17.5 Å². The van der Waals surface area contributed by atoms with Crippen molar-refractivity contribution in [2.24, 2.45) is 0 Å². The third-order valence-electron chi connectivity index (χ3n) is 6.32. The molecule has 0 aliphatic carbocycles. The molecule has 3 aliphatic heterocycles. The van der Waals surface area contributed by atoms with Crippen molar-refractivity contribution in [1.29, 1.82) is 0 Å². The minimum absolute atomic E-state index is 0.102. The molecule has 1 aromatic rings. The number of hydrogen-bond acceptors (Lipinski definition) is 4. The number of likely N-dealkylation sites (N-methyl/N-ethyl adjacent to an activating group) is 1. The van der Waals surface area contributed by atoms with Crippen LogP contribution in [0.1, 0.15) is 41.6 Å². The Bertz CT molecular complexity index is 720. The summed E-state index contributed by atoms with van der Waals surface area (Å²) < 4.78 is 0. The van der Waals surface area contributed by atoms with E-state index in [1.54, 1.807) is 0 Å². The number of carbonyl (C=O) groups excluding carboxylic acids is 2. The third kappa shape index (κ3) is 3.07. The summed E-state index contributed by atoms with van der Waals surface area (Å²) in [7, 11) is 2.13. The van der Waals surface area contributed by atoms with E-state index in [-0.39, 0.29) is 17.4 Å². The monoisotopic (exact) mass is 356 g/mol. The molecule has 0 saturated carbocycles. The van der Waals surface area contributed by atoms with Crippen LogP contribution in [0.2, 0.25) is 0 Å². The Kier molecular flexibility index (Phi) is 4.61. The molecule has 6 heteroatoms. The molecule has 1 aromatic carbocycles. The van der Waals surface area contributed by atoms with Gasteiger partial charge in [-0.3, -0.25) is 14.5 Å². The summed E-state index contributed by atoms with van der Waals surface area (Å²) in [6.07, 6.45) is 4.39. The number of piperazine rings is 1. The van der Waals surface area contributed by atoms with Crippen LogP contribution < -0.4 is 10.6 Å². The SMILES string of the molecule is CN1CCN(C(=O)c2cccc3c2NCCC3)CC12CCNC(=O)CC2. The number of fused-ring (bicyclic) bond motifs is 1. The van der Waals surface area contributed by atoms with E-state index in [0.29, 0.717) is 19.5 Å². The van der Waals surface area contributed by atoms with Gasteiger partial charge in [-0.1, -0.05) is 12.1 Å². The molecular formula is C20H28N4O2. The second-order valence-corrected chi connectivity index (χ2v) is 7.84. The van der Waals surface area contributed by atoms with Crippen molar-refractivity contribution in [1.82, 2.24) is 15.1 Å². The van der Waals surface area contributed by atoms with Crippen LogP contribution in [0.25, 0.3) is 0 Å². The Labute approximate surface area is 154 Å². The lowest BCUT2D eigenvalue weighted by atomic mass is 9.86. The number of hydrogen-bond donors (Lipinski definition) is 2. The number of anilines is 1. The first-order valence-corrected chi connectivity index (χ1v) is 9.72. The predicted molar refractivity (Wildman–Crippen MR) is 101 cm³/mol. The van der Waals surface area contributed by atoms with E-state index in [9.17, 15) is 9.59 Å². The lowest BCUT2D eigenvalue weighted by Crippen LogP contribution is -2.62. The molecule has 0 bridgehead atoms. The van der Waals surface area contributed by atoms with Gasteiger partial charge < -0.3 is 15.5 Å². The predicted octanol–water partition coefficient (Wildman–Crippen LogP) is 1.47. The fourth-order valence-corrected chi connectivity index (χ4v) is 4.63. The van der Waals surface area contributed by atoms with Gasteiger partial charge in [0, 0.05) is 44.7 Å². The van der Waals surface area contributed by atoms with Gasteiger partial charge in [-0.15, -0.1) is 0 Å². The van der Waals surface area contributed by atoms with E-state index < -0.39 is 0 Å². The zero-order valence-corrected chi connectivity index (χ0v) is 15.5. The van der Waals surface area contributed by atoms with Gasteiger partial charge in [0.05, 0.1) is 11.3 Å². The maximum Gasteiger partial charge on any atom is 0.256 e. The summed E-state index contributed by atoms with van der Waals surface area (Å²) in [4.78, 5) is 29.5. The number of nitrogens with one attached hydrogen (secondary N) is 2. The number of benzene rings is 1. The molecule has 0 radical (unpaired) electrons. The first-order chi connectivity index (χ1) is 12.6. The average Bonchev–Trinajstić information content (AvgIpc) is 2.85. The van der Waals surface area contributed by atoms with Gasteiger partial charge in [-0.05, 0) is 44.4 Å². The van der Waals surface area contributed by atoms with Crippen LogP contribution in [0.3, 0.4) is 0 Å². The molecule has 6 nitrogen and oxygen atoms in total. The molecule has 0 aromatic heterocycles. The van der Waals surface area contributed by atoms with Crippen LogP contribution in [0, 0.1) is 0 Å². The standard InChI is InChI=1S/C20H28N4O2/c1-23-12-13-24(14-20(23)8-7-17(25)21-11-9-20)19(26)16-6-2-4-15-5-3-10-22-18(15)16/h2,4,6,22H,3,5,7-14H2,1H3,(H,21,25). The van der Waals surface area contributed by atoms with Crippen LogP contribution in [-0.4, -0.2) is 66.9 Å². The lowest BCUT2D eigenvalue weighted by Gasteiger charge is -2.49. The summed E-state index contributed by atoms with van der Waals surface area (Å²) in [6, 6.07) is 6.06. The Balaban J connectivity index is 1.58. The highest BCUT2D eigenvalue weighted by Crippen LogP contribution is 2.33. The average molecular weight is 356 g/mol. The quantitative estimate of drug-likeness (QED) is 0.800. The lowest BCUT2D eigenvalue weighted by molar-refractivity contribution is -0.121. The number of carbonyl (C=O) groups is 2. The van der Waals surface area contributed by atoms with E-state index >= 15 is 0 Å². The zero-order chi connectivity index (χ0) is 18.1. The molecule has 4 rings (SSSR count). The molecule has 2 amide bonds. The normalized spacial score (nSPS) is 26.7. The van der Waals surface area contributed by atoms with Crippen molar-refractivity contribution in [3.8, 4) is 0 Å². The summed E-state index contributed by atoms with van der Waals surface area (Å²) in [5.41, 5.74) is 2.96. The van der Waals surface area contributed by atoms with Crippen LogP contribution in [0.5, 0.6) is 0 Å². The van der Waals surface area contributed by atoms with Crippen molar-refractivity contribution in [2.75, 3.05) is 45.1 Å². The number of rotatable bonds is 1. The summed E-state index contributed by atoms with van der Waals surface area (Å²) in [5, 5.41) is 6.41. The van der Waals surface area contributed by atoms with Crippen molar-refractivity contribution in [2.45, 2.75) is 37.6 Å². The third-order valence-corrected chi connectivity index (χ3v) is 6.32. The molecule has 1 unspecified atom stereocenters. The molecule has 2 saturated heterocycles. The van der Waals surface area contributed by atoms with Gasteiger partial charge in [0.25, 0.3) is 5.91 Å². The smallest absolute Gasteiger partial charge is 0.256 e. The van der Waals surface area contributed by atoms with Crippen LogP contribution in [-0.2, 0) is 11.2 Å². The molecule has 26 heavy (non-hydrogen) atoms. The Morgan fingerprint density at radius 3 is 2.88 bits per heavy atom. The van der Waals surface area contributed by atoms with Crippen molar-refractivity contribution in [3.63, 3.8) is 0 Å². The highest BCUT2D eigenvalue weighted by Gasteiger charge is 2.42. The van der Waals surface area contributed by atoms with E-state index in [4.69, 9.17) is 0 Å². The molecular weight excluding hydrogens is 328 g/mol. The number of nitrogens with zero attached hydrogens (tertiary/aromatic N) is 2. The molecule has 140 valence electrons. The highest BCUT2D eigenvalue weighted by molar-refractivity contribution is 6.00. The topological polar surface area (TPSA) is 64.7 Å². The van der Waals surface area contributed by atoms with Gasteiger partial charge in [0.2, 0.25) is 5.91 Å². The summed E-state index contributed by atoms with van der Waals surface area (Å²) in [6.45, 7) is 3.90. The Morgan fingerprint density at radius 2 is 2.00 bits per heavy atom. The van der Waals surface area contributed by atoms with Gasteiger partial charge in [0.15, 0.2) is 0 Å². The largest absolute Gasteiger partial charge is 0.384 e. The number of amides is 2. The second-order valence-electron chi connectivity index (χ2n) is 7.84. The fraction of sp³-hybridized carbons (Fsp3) is 0.600. The molecule has 2 N–H and O–H groups in total. The maximum absolute atomic E-state index is 13.3. The summed E-state index contributed by atoms with van der Waals surface area (Å²) >= 11 is 0. The zero-order valence-electron chi connectivity index (χ0n) is 15.5. The number of aryl methyl sites for hydroxylation is 1. The van der Waals surface area contributed by atoms with E-state index in [1.165, 1.54) is 5.56 Å². The van der Waals surface area contributed by atoms with Gasteiger partial charge in [-0.2, -0.15) is 0 Å². The molecule has 3 aliphatic rings. The van der Waals surface area contributed by atoms with E-state index in [0.717, 1.165) is 56.6 Å². The van der Waals surface area contributed by atoms with Crippen molar-refractivity contribution in [3.05, 3.63) is 29.3 Å². The van der Waals surface area contributed by atoms with Gasteiger partial charge >= 0.3 is 0 Å². The molecule has 2 fully saturated rings. The second kappa shape index (κ2) is 6.91. The molecule has 3 heterocycles. The minimum Gasteiger partial charge on any atom is -0.384 e. The van der Waals surface area contributed by atoms with E-state index in [1.807, 2.05) is 17.0 Å². The van der Waals surface area contributed by atoms with Gasteiger partial charge in [0.1, 0.15) is 0 Å². The van der Waals surface area contributed by atoms with Crippen LogP contribution in [0.4, 0.5) is 5.69 Å². The van der Waals surface area contributed by atoms with Crippen LogP contribution >= 0.6 is 0 Å². The summed E-state index contributed by atoms with van der Waals surface area (Å²) in [5.74, 6) is 0.243. The van der Waals surface area contributed by atoms with Crippen LogP contribution in [0.15, 0.2) is 18.2 Å². The van der Waals surface area contributed by atoms with E-state index in [2.05, 4.69) is 28.6 Å². The van der Waals surface area contributed by atoms with Crippen molar-refractivity contribution < 1.29 is 9.59 Å². The Hall–Kier alpha value is -2.08. The number of para-hydroxylation sites is 1. The Morgan fingerprint density at radius 1 is 1.12 bits per heavy atom. The molecule has 1 atom stereocenters. The first kappa shape index (κ1) is 17.3. The maximum atomic E-state index is 13.3. The highest BCUT2D eigenvalue weighted by atomic mass is 16.2.